The predicted molar refractivity (Wildman–Crippen MR) is 156 cm³/mol. The molecule has 1 saturated heterocycles. The Bertz CT molecular complexity index is 1570. The molecule has 1 amide bonds. The lowest BCUT2D eigenvalue weighted by Gasteiger charge is -2.39. The molecule has 1 fully saturated rings. The van der Waals surface area contributed by atoms with E-state index in [-0.39, 0.29) is 11.9 Å². The van der Waals surface area contributed by atoms with E-state index in [0.29, 0.717) is 53.8 Å². The maximum atomic E-state index is 14.7. The van der Waals surface area contributed by atoms with Gasteiger partial charge in [0.2, 0.25) is 0 Å². The van der Waals surface area contributed by atoms with Crippen molar-refractivity contribution in [2.24, 2.45) is 0 Å². The van der Waals surface area contributed by atoms with Crippen LogP contribution in [-0.2, 0) is 0 Å². The van der Waals surface area contributed by atoms with Gasteiger partial charge in [0.15, 0.2) is 0 Å². The second-order valence-corrected chi connectivity index (χ2v) is 10.3. The van der Waals surface area contributed by atoms with Gasteiger partial charge in [-0.3, -0.25) is 9.69 Å². The molecular formula is C33H28ClFN4O. The first-order valence-corrected chi connectivity index (χ1v) is 13.7. The number of carbonyl (C=O) groups is 1. The van der Waals surface area contributed by atoms with E-state index in [9.17, 15) is 9.18 Å². The summed E-state index contributed by atoms with van der Waals surface area (Å²) in [6.07, 6.45) is 0. The Balaban J connectivity index is 1.29. The third-order valence-electron chi connectivity index (χ3n) is 7.33. The Morgan fingerprint density at radius 1 is 0.750 bits per heavy atom. The van der Waals surface area contributed by atoms with Gasteiger partial charge in [0.1, 0.15) is 11.5 Å². The highest BCUT2D eigenvalue weighted by Crippen LogP contribution is 2.30. The molecule has 6 rings (SSSR count). The molecule has 5 nitrogen and oxygen atoms in total. The van der Waals surface area contributed by atoms with E-state index < -0.39 is 5.82 Å². The average Bonchev–Trinajstić information content (AvgIpc) is 3.44. The summed E-state index contributed by atoms with van der Waals surface area (Å²) in [5.41, 5.74) is 4.20. The Morgan fingerprint density at radius 3 is 2.00 bits per heavy atom. The van der Waals surface area contributed by atoms with Crippen LogP contribution < -0.4 is 0 Å². The maximum absolute atomic E-state index is 14.7. The van der Waals surface area contributed by atoms with Crippen LogP contribution in [0.1, 0.15) is 27.7 Å². The van der Waals surface area contributed by atoms with Gasteiger partial charge in [-0.1, -0.05) is 90.5 Å². The zero-order chi connectivity index (χ0) is 27.5. The molecule has 0 atom stereocenters. The smallest absolute Gasteiger partial charge is 0.272 e. The summed E-state index contributed by atoms with van der Waals surface area (Å²) in [6.45, 7) is 2.55. The molecule has 1 aromatic heterocycles. The second kappa shape index (κ2) is 11.5. The molecule has 4 aromatic carbocycles. The fourth-order valence-electron chi connectivity index (χ4n) is 5.37. The summed E-state index contributed by atoms with van der Waals surface area (Å²) < 4.78 is 16.2. The van der Waals surface area contributed by atoms with Crippen molar-refractivity contribution in [3.63, 3.8) is 0 Å². The van der Waals surface area contributed by atoms with Crippen molar-refractivity contribution in [3.05, 3.63) is 143 Å². The van der Waals surface area contributed by atoms with Gasteiger partial charge in [-0.05, 0) is 47.5 Å². The van der Waals surface area contributed by atoms with E-state index in [1.54, 1.807) is 41.1 Å². The summed E-state index contributed by atoms with van der Waals surface area (Å²) in [5.74, 6) is -0.538. The molecule has 0 unspecified atom stereocenters. The molecule has 0 bridgehead atoms. The van der Waals surface area contributed by atoms with Gasteiger partial charge in [-0.15, -0.1) is 0 Å². The molecular weight excluding hydrogens is 523 g/mol. The van der Waals surface area contributed by atoms with Crippen LogP contribution in [0.15, 0.2) is 115 Å². The van der Waals surface area contributed by atoms with E-state index in [4.69, 9.17) is 11.6 Å². The minimum atomic E-state index is -0.390. The molecule has 7 heteroatoms. The number of hydrogen-bond acceptors (Lipinski definition) is 3. The van der Waals surface area contributed by atoms with E-state index in [0.717, 1.165) is 0 Å². The fraction of sp³-hybridized carbons (Fsp3) is 0.152. The Labute approximate surface area is 238 Å². The van der Waals surface area contributed by atoms with Gasteiger partial charge >= 0.3 is 0 Å². The van der Waals surface area contributed by atoms with Crippen molar-refractivity contribution in [2.45, 2.75) is 6.04 Å². The largest absolute Gasteiger partial charge is 0.335 e. The lowest BCUT2D eigenvalue weighted by atomic mass is 9.96. The summed E-state index contributed by atoms with van der Waals surface area (Å²) in [4.78, 5) is 18.2. The number of hydrogen-bond donors (Lipinski definition) is 0. The maximum Gasteiger partial charge on any atom is 0.272 e. The minimum absolute atomic E-state index is 0.101. The number of benzene rings is 4. The molecule has 200 valence electrons. The number of aromatic nitrogens is 2. The first-order chi connectivity index (χ1) is 19.6. The lowest BCUT2D eigenvalue weighted by Crippen LogP contribution is -2.50. The van der Waals surface area contributed by atoms with Crippen LogP contribution in [-0.4, -0.2) is 51.7 Å². The molecule has 0 saturated carbocycles. The first-order valence-electron chi connectivity index (χ1n) is 13.3. The highest BCUT2D eigenvalue weighted by molar-refractivity contribution is 6.30. The minimum Gasteiger partial charge on any atom is -0.335 e. The van der Waals surface area contributed by atoms with Crippen LogP contribution >= 0.6 is 11.6 Å². The topological polar surface area (TPSA) is 41.4 Å². The molecule has 2 heterocycles. The van der Waals surface area contributed by atoms with Crippen LogP contribution in [0.4, 0.5) is 4.39 Å². The quantitative estimate of drug-likeness (QED) is 0.231. The zero-order valence-electron chi connectivity index (χ0n) is 21.8. The summed E-state index contributed by atoms with van der Waals surface area (Å²) in [5, 5.41) is 5.18. The Hall–Kier alpha value is -4.26. The second-order valence-electron chi connectivity index (χ2n) is 9.84. The number of halogens is 2. The van der Waals surface area contributed by atoms with Crippen molar-refractivity contribution in [3.8, 4) is 16.9 Å². The molecule has 0 aliphatic carbocycles. The molecule has 0 radical (unpaired) electrons. The van der Waals surface area contributed by atoms with E-state index in [2.05, 4.69) is 58.5 Å². The van der Waals surface area contributed by atoms with Crippen LogP contribution in [0, 0.1) is 5.82 Å². The average molecular weight is 551 g/mol. The van der Waals surface area contributed by atoms with Crippen molar-refractivity contribution in [1.82, 2.24) is 19.6 Å². The molecule has 40 heavy (non-hydrogen) atoms. The van der Waals surface area contributed by atoms with Crippen LogP contribution in [0.5, 0.6) is 0 Å². The highest BCUT2D eigenvalue weighted by atomic mass is 35.5. The summed E-state index contributed by atoms with van der Waals surface area (Å²) >= 11 is 6.27. The standard InChI is InChI=1S/C33H28ClFN4O/c34-26-14-9-15-27(22-26)39-31(23-30(36-39)28-16-7-8-17-29(28)35)33(40)38-20-18-37(19-21-38)32(24-10-3-1-4-11-24)25-12-5-2-6-13-25/h1-17,22-23,32H,18-21H2. The van der Waals surface area contributed by atoms with Crippen LogP contribution in [0.2, 0.25) is 5.02 Å². The van der Waals surface area contributed by atoms with Gasteiger partial charge in [0.25, 0.3) is 5.91 Å². The predicted octanol–water partition coefficient (Wildman–Crippen LogP) is 6.88. The Kier molecular flexibility index (Phi) is 7.45. The first kappa shape index (κ1) is 26.0. The summed E-state index contributed by atoms with van der Waals surface area (Å²) in [6, 6.07) is 36.3. The Morgan fingerprint density at radius 2 is 1.38 bits per heavy atom. The zero-order valence-corrected chi connectivity index (χ0v) is 22.6. The van der Waals surface area contributed by atoms with Gasteiger partial charge in [0.05, 0.1) is 17.4 Å². The SMILES string of the molecule is O=C(c1cc(-c2ccccc2F)nn1-c1cccc(Cl)c1)N1CCN(C(c2ccccc2)c2ccccc2)CC1. The fourth-order valence-corrected chi connectivity index (χ4v) is 5.55. The monoisotopic (exact) mass is 550 g/mol. The number of rotatable bonds is 6. The van der Waals surface area contributed by atoms with Crippen molar-refractivity contribution in [2.75, 3.05) is 26.2 Å². The van der Waals surface area contributed by atoms with Crippen molar-refractivity contribution >= 4 is 17.5 Å². The summed E-state index contributed by atoms with van der Waals surface area (Å²) in [7, 11) is 0. The molecule has 0 N–H and O–H groups in total. The van der Waals surface area contributed by atoms with Gasteiger partial charge in [0, 0.05) is 36.8 Å². The number of carbonyl (C=O) groups excluding carboxylic acids is 1. The third kappa shape index (κ3) is 5.28. The molecule has 5 aromatic rings. The normalized spacial score (nSPS) is 14.0. The number of nitrogens with zero attached hydrogens (tertiary/aromatic N) is 4. The molecule has 1 aliphatic heterocycles. The lowest BCUT2D eigenvalue weighted by molar-refractivity contribution is 0.0588. The third-order valence-corrected chi connectivity index (χ3v) is 7.56. The number of piperazine rings is 1. The number of amides is 1. The van der Waals surface area contributed by atoms with Gasteiger partial charge < -0.3 is 4.90 Å². The van der Waals surface area contributed by atoms with E-state index >= 15 is 0 Å². The van der Waals surface area contributed by atoms with Crippen LogP contribution in [0.3, 0.4) is 0 Å². The van der Waals surface area contributed by atoms with Gasteiger partial charge in [-0.25, -0.2) is 9.07 Å². The van der Waals surface area contributed by atoms with Crippen molar-refractivity contribution in [1.29, 1.82) is 0 Å². The molecule has 0 spiro atoms. The molecule has 1 aliphatic rings. The van der Waals surface area contributed by atoms with E-state index in [1.165, 1.54) is 17.2 Å². The van der Waals surface area contributed by atoms with Crippen molar-refractivity contribution < 1.29 is 9.18 Å². The highest BCUT2D eigenvalue weighted by Gasteiger charge is 2.30. The van der Waals surface area contributed by atoms with E-state index in [1.807, 2.05) is 29.2 Å². The van der Waals surface area contributed by atoms with Crippen LogP contribution in [0.25, 0.3) is 16.9 Å². The van der Waals surface area contributed by atoms with Gasteiger partial charge in [-0.2, -0.15) is 5.10 Å².